The van der Waals surface area contributed by atoms with Gasteiger partial charge in [-0.3, -0.25) is 9.52 Å². The van der Waals surface area contributed by atoms with Crippen LogP contribution in [0.5, 0.6) is 0 Å². The zero-order chi connectivity index (χ0) is 19.5. The van der Waals surface area contributed by atoms with E-state index in [9.17, 15) is 9.18 Å². The Hall–Kier alpha value is -2.44. The molecule has 1 aliphatic rings. The van der Waals surface area contributed by atoms with Crippen LogP contribution >= 0.6 is 11.9 Å². The van der Waals surface area contributed by atoms with Crippen LogP contribution in [0.3, 0.4) is 0 Å². The Balaban J connectivity index is 1.72. The third kappa shape index (κ3) is 3.75. The highest BCUT2D eigenvalue weighted by atomic mass is 32.2. The Bertz CT molecular complexity index is 1020. The summed E-state index contributed by atoms with van der Waals surface area (Å²) in [4.78, 5) is 19.7. The number of fused-ring (bicyclic) bond motifs is 1. The van der Waals surface area contributed by atoms with Crippen molar-refractivity contribution >= 4 is 11.9 Å². The van der Waals surface area contributed by atoms with E-state index in [1.54, 1.807) is 11.9 Å². The summed E-state index contributed by atoms with van der Waals surface area (Å²) in [6.07, 6.45) is 5.83. The molecule has 1 heterocycles. The lowest BCUT2D eigenvalue weighted by Gasteiger charge is -2.32. The Morgan fingerprint density at radius 2 is 2.07 bits per heavy atom. The second-order valence-electron chi connectivity index (χ2n) is 7.05. The van der Waals surface area contributed by atoms with E-state index >= 15 is 0 Å². The maximum Gasteiger partial charge on any atom is 0.254 e. The summed E-state index contributed by atoms with van der Waals surface area (Å²) in [5, 5.41) is 0. The van der Waals surface area contributed by atoms with Crippen molar-refractivity contribution in [2.75, 3.05) is 6.26 Å². The molecule has 0 saturated carbocycles. The fourth-order valence-corrected chi connectivity index (χ4v) is 4.64. The minimum absolute atomic E-state index is 0.0114. The molecule has 1 aliphatic carbocycles. The van der Waals surface area contributed by atoms with Crippen molar-refractivity contribution in [1.82, 2.24) is 14.7 Å². The minimum atomic E-state index is -0.239. The van der Waals surface area contributed by atoms with E-state index in [0.717, 1.165) is 35.2 Å². The molecule has 0 bridgehead atoms. The van der Waals surface area contributed by atoms with Gasteiger partial charge >= 0.3 is 0 Å². The fourth-order valence-electron chi connectivity index (χ4n) is 4.05. The van der Waals surface area contributed by atoms with E-state index in [1.165, 1.54) is 12.4 Å². The normalized spacial score (nSPS) is 18.6. The molecule has 2 N–H and O–H groups in total. The molecule has 4 nitrogen and oxygen atoms in total. The van der Waals surface area contributed by atoms with Crippen molar-refractivity contribution in [3.05, 3.63) is 87.9 Å². The molecule has 2 aromatic carbocycles. The summed E-state index contributed by atoms with van der Waals surface area (Å²) in [7, 11) is 0. The van der Waals surface area contributed by atoms with Crippen molar-refractivity contribution in [1.29, 1.82) is 0 Å². The highest BCUT2D eigenvalue weighted by Gasteiger charge is 2.32. The second kappa shape index (κ2) is 8.29. The van der Waals surface area contributed by atoms with Gasteiger partial charge < -0.3 is 4.98 Å². The first-order valence-corrected chi connectivity index (χ1v) is 10.6. The molecule has 28 heavy (non-hydrogen) atoms. The molecule has 0 radical (unpaired) electrons. The lowest BCUT2D eigenvalue weighted by Crippen LogP contribution is -2.39. The summed E-state index contributed by atoms with van der Waals surface area (Å²) < 4.78 is 17.9. The van der Waals surface area contributed by atoms with Crippen molar-refractivity contribution in [3.63, 3.8) is 0 Å². The van der Waals surface area contributed by atoms with E-state index in [0.29, 0.717) is 12.0 Å². The zero-order valence-electron chi connectivity index (χ0n) is 15.6. The Kier molecular flexibility index (Phi) is 5.59. The molecule has 2 atom stereocenters. The van der Waals surface area contributed by atoms with Gasteiger partial charge in [-0.2, -0.15) is 0 Å². The maximum atomic E-state index is 14.5. The number of aromatic nitrogens is 2. The van der Waals surface area contributed by atoms with Gasteiger partial charge in [0, 0.05) is 23.1 Å². The number of hydrogen-bond donors (Lipinski definition) is 2. The van der Waals surface area contributed by atoms with Crippen LogP contribution in [0.4, 0.5) is 4.39 Å². The van der Waals surface area contributed by atoms with Gasteiger partial charge in [0.05, 0.1) is 12.0 Å². The van der Waals surface area contributed by atoms with Crippen molar-refractivity contribution in [3.8, 4) is 11.1 Å². The van der Waals surface area contributed by atoms with Crippen molar-refractivity contribution < 1.29 is 4.39 Å². The summed E-state index contributed by atoms with van der Waals surface area (Å²) in [6, 6.07) is 14.9. The lowest BCUT2D eigenvalue weighted by atomic mass is 9.78. The molecule has 1 aromatic heterocycles. The van der Waals surface area contributed by atoms with Gasteiger partial charge in [-0.25, -0.2) is 9.37 Å². The van der Waals surface area contributed by atoms with Crippen LogP contribution in [0.2, 0.25) is 0 Å². The number of nitrogens with one attached hydrogen (secondary N) is 2. The van der Waals surface area contributed by atoms with Crippen LogP contribution in [0.15, 0.2) is 59.7 Å². The van der Waals surface area contributed by atoms with E-state index in [2.05, 4.69) is 14.7 Å². The maximum absolute atomic E-state index is 14.5. The topological polar surface area (TPSA) is 57.8 Å². The third-order valence-corrected chi connectivity index (χ3v) is 5.90. The quantitative estimate of drug-likeness (QED) is 0.639. The molecule has 6 heteroatoms. The number of hydrogen-bond acceptors (Lipinski definition) is 4. The summed E-state index contributed by atoms with van der Waals surface area (Å²) >= 11 is 1.56. The van der Waals surface area contributed by atoms with E-state index in [1.807, 2.05) is 48.7 Å². The van der Waals surface area contributed by atoms with Gasteiger partial charge in [-0.1, -0.05) is 48.3 Å². The lowest BCUT2D eigenvalue weighted by molar-refractivity contribution is 0.435. The molecule has 0 aliphatic heterocycles. The van der Waals surface area contributed by atoms with Gasteiger partial charge in [-0.15, -0.1) is 0 Å². The van der Waals surface area contributed by atoms with Crippen molar-refractivity contribution in [2.45, 2.75) is 31.2 Å². The van der Waals surface area contributed by atoms with Gasteiger partial charge in [0.1, 0.15) is 5.82 Å². The molecule has 0 spiro atoms. The molecular formula is C22H22FN3OS. The number of aromatic amines is 1. The Labute approximate surface area is 167 Å². The second-order valence-corrected chi connectivity index (χ2v) is 7.69. The molecule has 0 saturated heterocycles. The number of H-pyrrole nitrogens is 1. The highest BCUT2D eigenvalue weighted by molar-refractivity contribution is 7.96. The summed E-state index contributed by atoms with van der Waals surface area (Å²) in [6.45, 7) is 0. The first-order valence-electron chi connectivity index (χ1n) is 9.36. The predicted molar refractivity (Wildman–Crippen MR) is 112 cm³/mol. The van der Waals surface area contributed by atoms with Gasteiger partial charge in [0.15, 0.2) is 0 Å². The van der Waals surface area contributed by atoms with Gasteiger partial charge in [0.2, 0.25) is 0 Å². The van der Waals surface area contributed by atoms with Crippen LogP contribution in [0.1, 0.15) is 29.2 Å². The Morgan fingerprint density at radius 1 is 1.25 bits per heavy atom. The van der Waals surface area contributed by atoms with E-state index < -0.39 is 0 Å². The Morgan fingerprint density at radius 3 is 2.86 bits per heavy atom. The van der Waals surface area contributed by atoms with Crippen molar-refractivity contribution in [2.24, 2.45) is 0 Å². The summed E-state index contributed by atoms with van der Waals surface area (Å²) in [5.41, 5.74) is 4.00. The van der Waals surface area contributed by atoms with Gasteiger partial charge in [-0.05, 0) is 48.8 Å². The van der Waals surface area contributed by atoms with E-state index in [-0.39, 0.29) is 23.3 Å². The molecule has 144 valence electrons. The predicted octanol–water partition coefficient (Wildman–Crippen LogP) is 4.08. The molecular weight excluding hydrogens is 373 g/mol. The number of rotatable bonds is 5. The number of halogens is 1. The fraction of sp³-hybridized carbons (Fsp3) is 0.273. The molecule has 0 fully saturated rings. The number of aryl methyl sites for hydroxylation is 1. The van der Waals surface area contributed by atoms with Crippen LogP contribution in [-0.4, -0.2) is 22.3 Å². The molecule has 3 aromatic rings. The van der Waals surface area contributed by atoms with Gasteiger partial charge in [0.25, 0.3) is 5.56 Å². The monoisotopic (exact) mass is 395 g/mol. The van der Waals surface area contributed by atoms with Crippen LogP contribution < -0.4 is 10.3 Å². The highest BCUT2D eigenvalue weighted by Crippen LogP contribution is 2.33. The number of nitrogens with zero attached hydrogens (tertiary/aromatic N) is 1. The van der Waals surface area contributed by atoms with E-state index in [4.69, 9.17) is 0 Å². The minimum Gasteiger partial charge on any atom is -0.313 e. The standard InChI is InChI=1S/C22H22FN3OS/c1-28-26-19-9-10-20-21(22(27)25-13-24-20)17(19)12-14-7-8-18(23)16(11-14)15-5-3-2-4-6-15/h2-8,11,13,17,19,26H,9-10,12H2,1H3,(H,24,25,27). The third-order valence-electron chi connectivity index (χ3n) is 5.36. The first kappa shape index (κ1) is 18.9. The van der Waals surface area contributed by atoms with Crippen LogP contribution in [0.25, 0.3) is 11.1 Å². The zero-order valence-corrected chi connectivity index (χ0v) is 16.4. The SMILES string of the molecule is CSNC1CCc2nc[nH]c(=O)c2C1Cc1ccc(F)c(-c2ccccc2)c1. The first-order chi connectivity index (χ1) is 13.7. The molecule has 4 rings (SSSR count). The smallest absolute Gasteiger partial charge is 0.254 e. The summed E-state index contributed by atoms with van der Waals surface area (Å²) in [5.74, 6) is -0.250. The average Bonchev–Trinajstić information content (AvgIpc) is 2.72. The molecule has 0 amide bonds. The number of benzene rings is 2. The van der Waals surface area contributed by atoms with Crippen LogP contribution in [-0.2, 0) is 12.8 Å². The largest absolute Gasteiger partial charge is 0.313 e. The average molecular weight is 396 g/mol. The van der Waals surface area contributed by atoms with Crippen LogP contribution in [0, 0.1) is 5.82 Å². The molecule has 2 unspecified atom stereocenters.